The Morgan fingerprint density at radius 1 is 1.19 bits per heavy atom. The molecule has 0 radical (unpaired) electrons. The summed E-state index contributed by atoms with van der Waals surface area (Å²) in [7, 11) is -4.50. The quantitative estimate of drug-likeness (QED) is 0.485. The molecule has 0 saturated carbocycles. The van der Waals surface area contributed by atoms with E-state index in [1.807, 2.05) is 0 Å². The molecule has 1 aliphatic heterocycles. The third-order valence-electron chi connectivity index (χ3n) is 4.32. The fourth-order valence-electron chi connectivity index (χ4n) is 2.77. The lowest BCUT2D eigenvalue weighted by molar-refractivity contribution is 0.0704. The zero-order chi connectivity index (χ0) is 20.1. The monoisotopic (exact) mass is 420 g/mol. The molecule has 11 heteroatoms. The first-order valence-corrected chi connectivity index (χ1v) is 11.7. The molecule has 3 N–H and O–H groups in total. The van der Waals surface area contributed by atoms with Gasteiger partial charge in [-0.05, 0) is 56.6 Å². The number of β-amino-alcohol motifs (C(OH)–C–C–N with tert-alkyl or cyclic N) is 1. The van der Waals surface area contributed by atoms with Gasteiger partial charge in [0.05, 0.1) is 11.0 Å². The number of piperidine rings is 1. The number of sulfonamides is 1. The van der Waals surface area contributed by atoms with Crippen molar-refractivity contribution in [3.63, 3.8) is 0 Å². The Morgan fingerprint density at radius 2 is 1.85 bits per heavy atom. The SMILES string of the molecule is CN(C)S(=O)(=O)Nc1ccc(S(=O)(=O)NCCCN2CCC[C@@H](O)C2)cc1. The number of hydrogen-bond donors (Lipinski definition) is 3. The van der Waals surface area contributed by atoms with Gasteiger partial charge in [-0.2, -0.15) is 12.7 Å². The van der Waals surface area contributed by atoms with Crippen LogP contribution in [0.5, 0.6) is 0 Å². The Morgan fingerprint density at radius 3 is 2.44 bits per heavy atom. The van der Waals surface area contributed by atoms with Gasteiger partial charge in [0.15, 0.2) is 0 Å². The Labute approximate surface area is 161 Å². The number of hydrogen-bond acceptors (Lipinski definition) is 6. The van der Waals surface area contributed by atoms with Crippen molar-refractivity contribution >= 4 is 25.9 Å². The summed E-state index contributed by atoms with van der Waals surface area (Å²) in [6, 6.07) is 5.53. The Bertz CT molecular complexity index is 810. The molecule has 1 fully saturated rings. The van der Waals surface area contributed by atoms with Crippen LogP contribution in [-0.4, -0.2) is 77.5 Å². The van der Waals surface area contributed by atoms with Gasteiger partial charge in [-0.25, -0.2) is 13.1 Å². The second-order valence-electron chi connectivity index (χ2n) is 6.76. The van der Waals surface area contributed by atoms with Gasteiger partial charge >= 0.3 is 10.2 Å². The average Bonchev–Trinajstić information content (AvgIpc) is 2.59. The van der Waals surface area contributed by atoms with Gasteiger partial charge in [0, 0.05) is 32.9 Å². The summed E-state index contributed by atoms with van der Waals surface area (Å²) in [5.41, 5.74) is 0.284. The fraction of sp³-hybridized carbons (Fsp3) is 0.625. The van der Waals surface area contributed by atoms with Crippen molar-refractivity contribution in [3.05, 3.63) is 24.3 Å². The first-order valence-electron chi connectivity index (χ1n) is 8.80. The highest BCUT2D eigenvalue weighted by Crippen LogP contribution is 2.16. The fourth-order valence-corrected chi connectivity index (χ4v) is 4.46. The molecule has 2 rings (SSSR count). The van der Waals surface area contributed by atoms with Gasteiger partial charge in [0.1, 0.15) is 0 Å². The summed E-state index contributed by atoms with van der Waals surface area (Å²) in [6.07, 6.45) is 2.13. The van der Waals surface area contributed by atoms with E-state index in [-0.39, 0.29) is 16.7 Å². The molecule has 9 nitrogen and oxygen atoms in total. The second kappa shape index (κ2) is 9.30. The third-order valence-corrected chi connectivity index (χ3v) is 7.25. The summed E-state index contributed by atoms with van der Waals surface area (Å²) in [6.45, 7) is 2.58. The molecule has 1 aromatic carbocycles. The van der Waals surface area contributed by atoms with E-state index in [0.717, 1.165) is 30.2 Å². The van der Waals surface area contributed by atoms with Gasteiger partial charge in [-0.3, -0.25) is 4.72 Å². The molecule has 0 spiro atoms. The number of rotatable bonds is 9. The summed E-state index contributed by atoms with van der Waals surface area (Å²) < 4.78 is 54.1. The molecule has 0 aliphatic carbocycles. The number of anilines is 1. The number of nitrogens with zero attached hydrogens (tertiary/aromatic N) is 2. The normalized spacial score (nSPS) is 19.3. The van der Waals surface area contributed by atoms with Gasteiger partial charge in [0.2, 0.25) is 10.0 Å². The number of benzene rings is 1. The molecule has 0 unspecified atom stereocenters. The molecule has 1 atom stereocenters. The Balaban J connectivity index is 1.85. The van der Waals surface area contributed by atoms with Crippen molar-refractivity contribution in [3.8, 4) is 0 Å². The zero-order valence-corrected chi connectivity index (χ0v) is 17.3. The van der Waals surface area contributed by atoms with Crippen LogP contribution in [0.4, 0.5) is 5.69 Å². The molecule has 1 aromatic rings. The third kappa shape index (κ3) is 6.70. The van der Waals surface area contributed by atoms with Crippen LogP contribution in [0.25, 0.3) is 0 Å². The molecule has 27 heavy (non-hydrogen) atoms. The van der Waals surface area contributed by atoms with E-state index < -0.39 is 20.2 Å². The first kappa shape index (κ1) is 22.1. The van der Waals surface area contributed by atoms with Crippen molar-refractivity contribution in [2.75, 3.05) is 45.0 Å². The Kier molecular flexibility index (Phi) is 7.60. The van der Waals surface area contributed by atoms with Crippen LogP contribution in [-0.2, 0) is 20.2 Å². The molecule has 1 saturated heterocycles. The second-order valence-corrected chi connectivity index (χ2v) is 10.4. The minimum Gasteiger partial charge on any atom is -0.392 e. The van der Waals surface area contributed by atoms with Gasteiger partial charge in [0.25, 0.3) is 0 Å². The predicted octanol–water partition coefficient (Wildman–Crippen LogP) is 0.0300. The molecular weight excluding hydrogens is 392 g/mol. The number of likely N-dealkylation sites (tertiary alicyclic amines) is 1. The van der Waals surface area contributed by atoms with E-state index in [1.165, 1.54) is 38.4 Å². The molecule has 154 valence electrons. The van der Waals surface area contributed by atoms with Crippen molar-refractivity contribution < 1.29 is 21.9 Å². The standard InChI is InChI=1S/C16H28N4O5S2/c1-19(2)27(24,25)18-14-6-8-16(9-7-14)26(22,23)17-10-4-12-20-11-3-5-15(21)13-20/h6-9,15,17-18,21H,3-5,10-13H2,1-2H3/t15-/m1/s1. The number of aliphatic hydroxyl groups is 1. The molecular formula is C16H28N4O5S2. The van der Waals surface area contributed by atoms with Crippen LogP contribution in [0.1, 0.15) is 19.3 Å². The van der Waals surface area contributed by atoms with Gasteiger partial charge in [-0.1, -0.05) is 0 Å². The maximum absolute atomic E-state index is 12.3. The lowest BCUT2D eigenvalue weighted by Gasteiger charge is -2.29. The van der Waals surface area contributed by atoms with Crippen LogP contribution >= 0.6 is 0 Å². The smallest absolute Gasteiger partial charge is 0.301 e. The van der Waals surface area contributed by atoms with E-state index in [9.17, 15) is 21.9 Å². The summed E-state index contributed by atoms with van der Waals surface area (Å²) in [4.78, 5) is 2.21. The predicted molar refractivity (Wildman–Crippen MR) is 104 cm³/mol. The van der Waals surface area contributed by atoms with Crippen LogP contribution < -0.4 is 9.44 Å². The summed E-state index contributed by atoms with van der Waals surface area (Å²) in [5.74, 6) is 0. The lowest BCUT2D eigenvalue weighted by Crippen LogP contribution is -2.39. The van der Waals surface area contributed by atoms with Gasteiger partial charge < -0.3 is 10.0 Å². The molecule has 1 heterocycles. The number of nitrogens with one attached hydrogen (secondary N) is 2. The van der Waals surface area contributed by atoms with Crippen molar-refractivity contribution in [2.24, 2.45) is 0 Å². The highest BCUT2D eigenvalue weighted by molar-refractivity contribution is 7.90. The topological polar surface area (TPSA) is 119 Å². The van der Waals surface area contributed by atoms with E-state index in [0.29, 0.717) is 19.5 Å². The minimum atomic E-state index is -3.66. The summed E-state index contributed by atoms with van der Waals surface area (Å²) in [5, 5.41) is 9.64. The van der Waals surface area contributed by atoms with Crippen LogP contribution in [0.15, 0.2) is 29.2 Å². The average molecular weight is 421 g/mol. The molecule has 0 bridgehead atoms. The minimum absolute atomic E-state index is 0.0729. The maximum Gasteiger partial charge on any atom is 0.301 e. The molecule has 0 amide bonds. The van der Waals surface area contributed by atoms with Crippen molar-refractivity contribution in [1.82, 2.24) is 13.9 Å². The van der Waals surface area contributed by atoms with Crippen LogP contribution in [0.2, 0.25) is 0 Å². The maximum atomic E-state index is 12.3. The highest BCUT2D eigenvalue weighted by Gasteiger charge is 2.18. The zero-order valence-electron chi connectivity index (χ0n) is 15.6. The highest BCUT2D eigenvalue weighted by atomic mass is 32.2. The number of aliphatic hydroxyl groups excluding tert-OH is 1. The van der Waals surface area contributed by atoms with E-state index in [1.54, 1.807) is 0 Å². The Hall–Kier alpha value is -1.24. The molecule has 0 aromatic heterocycles. The van der Waals surface area contributed by atoms with E-state index in [4.69, 9.17) is 0 Å². The van der Waals surface area contributed by atoms with Crippen LogP contribution in [0.3, 0.4) is 0 Å². The van der Waals surface area contributed by atoms with Crippen molar-refractivity contribution in [2.45, 2.75) is 30.3 Å². The summed E-state index contributed by atoms with van der Waals surface area (Å²) >= 11 is 0. The molecule has 1 aliphatic rings. The van der Waals surface area contributed by atoms with E-state index >= 15 is 0 Å². The largest absolute Gasteiger partial charge is 0.392 e. The van der Waals surface area contributed by atoms with Crippen LogP contribution in [0, 0.1) is 0 Å². The lowest BCUT2D eigenvalue weighted by atomic mass is 10.1. The van der Waals surface area contributed by atoms with E-state index in [2.05, 4.69) is 14.3 Å². The van der Waals surface area contributed by atoms with Gasteiger partial charge in [-0.15, -0.1) is 0 Å². The van der Waals surface area contributed by atoms with Crippen molar-refractivity contribution in [1.29, 1.82) is 0 Å². The first-order chi connectivity index (χ1) is 12.6.